The number of ether oxygens (including phenoxy) is 2. The fourth-order valence-corrected chi connectivity index (χ4v) is 3.88. The molecule has 0 saturated heterocycles. The van der Waals surface area contributed by atoms with Gasteiger partial charge in [-0.05, 0) is 42.7 Å². The number of methoxy groups -OCH3 is 1. The van der Waals surface area contributed by atoms with Crippen LogP contribution >= 0.6 is 0 Å². The molecule has 0 radical (unpaired) electrons. The third kappa shape index (κ3) is 6.31. The van der Waals surface area contributed by atoms with Crippen LogP contribution in [0.15, 0.2) is 53.4 Å². The Kier molecular flexibility index (Phi) is 7.76. The molecule has 0 fully saturated rings. The van der Waals surface area contributed by atoms with Crippen LogP contribution in [0.1, 0.15) is 31.4 Å². The molecule has 0 aliphatic carbocycles. The van der Waals surface area contributed by atoms with Crippen LogP contribution in [0.5, 0.6) is 5.75 Å². The molecule has 0 unspecified atom stereocenters. The monoisotopic (exact) mass is 416 g/mol. The average molecular weight is 416 g/mol. The molecule has 0 spiro atoms. The Balaban J connectivity index is 2.15. The lowest BCUT2D eigenvalue weighted by molar-refractivity contribution is -0.147. The lowest BCUT2D eigenvalue weighted by atomic mass is 10.0. The number of benzene rings is 2. The van der Waals surface area contributed by atoms with Crippen molar-refractivity contribution in [2.45, 2.75) is 37.8 Å². The van der Waals surface area contributed by atoms with Crippen LogP contribution in [-0.2, 0) is 26.2 Å². The van der Waals surface area contributed by atoms with Gasteiger partial charge in [0.1, 0.15) is 18.4 Å². The van der Waals surface area contributed by atoms with Gasteiger partial charge in [-0.1, -0.05) is 32.0 Å². The summed E-state index contributed by atoms with van der Waals surface area (Å²) in [5.74, 6) is -0.112. The fraction of sp³-hybridized carbons (Fsp3) is 0.333. The number of hydrogen-bond donors (Lipinski definition) is 1. The van der Waals surface area contributed by atoms with Gasteiger partial charge in [-0.25, -0.2) is 8.42 Å². The minimum atomic E-state index is -3.93. The van der Waals surface area contributed by atoms with Gasteiger partial charge < -0.3 is 9.47 Å². The zero-order chi connectivity index (χ0) is 21.4. The minimum absolute atomic E-state index is 0.0229. The molecule has 7 nitrogen and oxygen atoms in total. The number of esters is 1. The lowest BCUT2D eigenvalue weighted by Crippen LogP contribution is -2.42. The number of nitrogens with one attached hydrogen (secondary N) is 1. The van der Waals surface area contributed by atoms with Crippen LogP contribution < -0.4 is 9.46 Å². The third-order valence-electron chi connectivity index (χ3n) is 4.17. The Morgan fingerprint density at radius 1 is 1.14 bits per heavy atom. The van der Waals surface area contributed by atoms with Gasteiger partial charge in [0, 0.05) is 5.56 Å². The van der Waals surface area contributed by atoms with Crippen molar-refractivity contribution in [2.24, 2.45) is 5.92 Å². The topological polar surface area (TPSA) is 105 Å². The summed E-state index contributed by atoms with van der Waals surface area (Å²) in [5.41, 5.74) is 0.962. The van der Waals surface area contributed by atoms with Crippen LogP contribution in [-0.4, -0.2) is 27.5 Å². The van der Waals surface area contributed by atoms with Crippen molar-refractivity contribution >= 4 is 16.0 Å². The highest BCUT2D eigenvalue weighted by Crippen LogP contribution is 2.18. The molecule has 1 N–H and O–H groups in total. The van der Waals surface area contributed by atoms with Gasteiger partial charge in [0.05, 0.1) is 23.6 Å². The lowest BCUT2D eigenvalue weighted by Gasteiger charge is -2.19. The molecule has 0 bridgehead atoms. The van der Waals surface area contributed by atoms with Gasteiger partial charge in [0.2, 0.25) is 10.0 Å². The molecule has 0 amide bonds. The first-order valence-electron chi connectivity index (χ1n) is 9.08. The number of nitrogens with zero attached hydrogens (tertiary/aromatic N) is 1. The Hall–Kier alpha value is -2.89. The maximum absolute atomic E-state index is 12.7. The minimum Gasteiger partial charge on any atom is -0.497 e. The second-order valence-corrected chi connectivity index (χ2v) is 8.57. The predicted octanol–water partition coefficient (Wildman–Crippen LogP) is 3.00. The number of carbonyl (C=O) groups excluding carboxylic acids is 1. The van der Waals surface area contributed by atoms with Crippen LogP contribution in [0.25, 0.3) is 0 Å². The van der Waals surface area contributed by atoms with Crippen molar-refractivity contribution in [1.29, 1.82) is 5.26 Å². The van der Waals surface area contributed by atoms with Gasteiger partial charge in [-0.2, -0.15) is 9.98 Å². The van der Waals surface area contributed by atoms with Crippen molar-refractivity contribution in [3.63, 3.8) is 0 Å². The van der Waals surface area contributed by atoms with E-state index in [1.165, 1.54) is 31.4 Å². The summed E-state index contributed by atoms with van der Waals surface area (Å²) < 4.78 is 38.2. The summed E-state index contributed by atoms with van der Waals surface area (Å²) in [6, 6.07) is 13.6. The molecule has 0 aliphatic rings. The normalized spacial score (nSPS) is 12.2. The van der Waals surface area contributed by atoms with Crippen molar-refractivity contribution < 1.29 is 22.7 Å². The molecule has 1 atom stereocenters. The van der Waals surface area contributed by atoms with E-state index in [9.17, 15) is 13.2 Å². The quantitative estimate of drug-likeness (QED) is 0.630. The Bertz CT molecular complexity index is 979. The molecular formula is C21H24N2O5S. The molecule has 154 valence electrons. The predicted molar refractivity (Wildman–Crippen MR) is 108 cm³/mol. The largest absolute Gasteiger partial charge is 0.497 e. The van der Waals surface area contributed by atoms with E-state index in [1.54, 1.807) is 24.3 Å². The zero-order valence-corrected chi connectivity index (χ0v) is 17.4. The second-order valence-electron chi connectivity index (χ2n) is 6.86. The van der Waals surface area contributed by atoms with E-state index >= 15 is 0 Å². The van der Waals surface area contributed by atoms with E-state index < -0.39 is 22.0 Å². The van der Waals surface area contributed by atoms with Gasteiger partial charge in [-0.15, -0.1) is 0 Å². The van der Waals surface area contributed by atoms with E-state index in [1.807, 2.05) is 19.9 Å². The number of sulfonamides is 1. The Labute approximate surface area is 171 Å². The van der Waals surface area contributed by atoms with E-state index in [2.05, 4.69) is 4.72 Å². The molecule has 8 heteroatoms. The van der Waals surface area contributed by atoms with Crippen LogP contribution in [0.3, 0.4) is 0 Å². The molecule has 2 rings (SSSR count). The molecular weight excluding hydrogens is 392 g/mol. The van der Waals surface area contributed by atoms with Gasteiger partial charge in [-0.3, -0.25) is 4.79 Å². The summed E-state index contributed by atoms with van der Waals surface area (Å²) in [6.45, 7) is 3.65. The van der Waals surface area contributed by atoms with Gasteiger partial charge >= 0.3 is 5.97 Å². The second kappa shape index (κ2) is 10.0. The molecule has 2 aromatic carbocycles. The molecule has 29 heavy (non-hydrogen) atoms. The van der Waals surface area contributed by atoms with Crippen LogP contribution in [0, 0.1) is 17.2 Å². The molecule has 0 aliphatic heterocycles. The van der Waals surface area contributed by atoms with Gasteiger partial charge in [0.15, 0.2) is 0 Å². The van der Waals surface area contributed by atoms with E-state index in [0.29, 0.717) is 16.9 Å². The number of rotatable bonds is 9. The van der Waals surface area contributed by atoms with Crippen molar-refractivity contribution in [3.05, 3.63) is 59.7 Å². The van der Waals surface area contributed by atoms with Crippen molar-refractivity contribution in [1.82, 2.24) is 4.72 Å². The smallest absolute Gasteiger partial charge is 0.324 e. The number of hydrogen-bond acceptors (Lipinski definition) is 6. The molecule has 2 aromatic rings. The standard InChI is InChI=1S/C21H24N2O5S/c1-15(2)12-20(21(24)28-14-17-7-5-4-6-16(17)13-22)23-29(25,26)19-10-8-18(27-3)9-11-19/h4-11,15,20,23H,12,14H2,1-3H3/t20-/m1/s1. The first-order valence-corrected chi connectivity index (χ1v) is 10.6. The first kappa shape index (κ1) is 22.4. The Morgan fingerprint density at radius 3 is 2.38 bits per heavy atom. The highest BCUT2D eigenvalue weighted by molar-refractivity contribution is 7.89. The first-order chi connectivity index (χ1) is 13.8. The third-order valence-corrected chi connectivity index (χ3v) is 5.65. The summed E-state index contributed by atoms with van der Waals surface area (Å²) in [5, 5.41) is 9.14. The maximum atomic E-state index is 12.7. The molecule has 0 saturated carbocycles. The van der Waals surface area contributed by atoms with E-state index in [4.69, 9.17) is 14.7 Å². The van der Waals surface area contributed by atoms with E-state index in [0.717, 1.165) is 0 Å². The summed E-state index contributed by atoms with van der Waals surface area (Å²) in [4.78, 5) is 12.6. The number of carbonyl (C=O) groups is 1. The maximum Gasteiger partial charge on any atom is 0.324 e. The fourth-order valence-electron chi connectivity index (χ4n) is 2.68. The van der Waals surface area contributed by atoms with Crippen molar-refractivity contribution in [3.8, 4) is 11.8 Å². The molecule has 0 aromatic heterocycles. The summed E-state index contributed by atoms with van der Waals surface area (Å²) >= 11 is 0. The van der Waals surface area contributed by atoms with Gasteiger partial charge in [0.25, 0.3) is 0 Å². The average Bonchev–Trinajstić information content (AvgIpc) is 2.71. The summed E-state index contributed by atoms with van der Waals surface area (Å²) in [7, 11) is -2.44. The Morgan fingerprint density at radius 2 is 1.79 bits per heavy atom. The highest BCUT2D eigenvalue weighted by Gasteiger charge is 2.28. The summed E-state index contributed by atoms with van der Waals surface area (Å²) in [6.07, 6.45) is 0.272. The van der Waals surface area contributed by atoms with Crippen LogP contribution in [0.4, 0.5) is 0 Å². The zero-order valence-electron chi connectivity index (χ0n) is 16.6. The van der Waals surface area contributed by atoms with Crippen LogP contribution in [0.2, 0.25) is 0 Å². The highest BCUT2D eigenvalue weighted by atomic mass is 32.2. The van der Waals surface area contributed by atoms with E-state index in [-0.39, 0.29) is 23.8 Å². The molecule has 0 heterocycles. The number of nitriles is 1. The van der Waals surface area contributed by atoms with Crippen molar-refractivity contribution in [2.75, 3.05) is 7.11 Å². The SMILES string of the molecule is COc1ccc(S(=O)(=O)N[C@H](CC(C)C)C(=O)OCc2ccccc2C#N)cc1.